The molecule has 6 heteroatoms. The van der Waals surface area contributed by atoms with Gasteiger partial charge in [0.25, 0.3) is 11.8 Å². The molecule has 3 rings (SSSR count). The predicted molar refractivity (Wildman–Crippen MR) is 119 cm³/mol. The van der Waals surface area contributed by atoms with E-state index in [1.54, 1.807) is 31.2 Å². The molecule has 31 heavy (non-hydrogen) atoms. The zero-order chi connectivity index (χ0) is 22.2. The highest BCUT2D eigenvalue weighted by Gasteiger charge is 2.18. The normalized spacial score (nSPS) is 11.3. The fourth-order valence-electron chi connectivity index (χ4n) is 2.88. The van der Waals surface area contributed by atoms with Crippen molar-refractivity contribution in [3.8, 4) is 11.5 Å². The summed E-state index contributed by atoms with van der Waals surface area (Å²) in [6, 6.07) is 22.3. The van der Waals surface area contributed by atoms with Crippen molar-refractivity contribution in [2.45, 2.75) is 33.5 Å². The lowest BCUT2D eigenvalue weighted by molar-refractivity contribution is -0.128. The third-order valence-electron chi connectivity index (χ3n) is 4.68. The number of amides is 2. The fourth-order valence-corrected chi connectivity index (χ4v) is 2.88. The molecule has 0 heterocycles. The van der Waals surface area contributed by atoms with E-state index in [-0.39, 0.29) is 0 Å². The Morgan fingerprint density at radius 2 is 1.58 bits per heavy atom. The van der Waals surface area contributed by atoms with E-state index >= 15 is 0 Å². The van der Waals surface area contributed by atoms with Gasteiger partial charge in [0.05, 0.1) is 5.56 Å². The number of nitrogens with one attached hydrogen (secondary N) is 2. The quantitative estimate of drug-likeness (QED) is 0.566. The number of hydrogen-bond acceptors (Lipinski definition) is 4. The van der Waals surface area contributed by atoms with Crippen LogP contribution in [-0.4, -0.2) is 17.9 Å². The number of rotatable bonds is 7. The van der Waals surface area contributed by atoms with Crippen LogP contribution in [0.1, 0.15) is 34.0 Å². The van der Waals surface area contributed by atoms with Gasteiger partial charge in [-0.05, 0) is 55.7 Å². The van der Waals surface area contributed by atoms with Crippen LogP contribution < -0.4 is 20.3 Å². The number of hydrogen-bond donors (Lipinski definition) is 2. The molecule has 0 aliphatic heterocycles. The molecule has 160 valence electrons. The first-order chi connectivity index (χ1) is 14.9. The molecular weight excluding hydrogens is 392 g/mol. The molecule has 0 aromatic heterocycles. The second kappa shape index (κ2) is 10.3. The summed E-state index contributed by atoms with van der Waals surface area (Å²) in [6.45, 7) is 5.82. The second-order valence-corrected chi connectivity index (χ2v) is 7.24. The lowest BCUT2D eigenvalue weighted by Crippen LogP contribution is -2.47. The molecule has 0 spiro atoms. The molecule has 0 unspecified atom stereocenters. The molecule has 6 nitrogen and oxygen atoms in total. The summed E-state index contributed by atoms with van der Waals surface area (Å²) in [6.07, 6.45) is -0.787. The van der Waals surface area contributed by atoms with Crippen LogP contribution in [-0.2, 0) is 11.4 Å². The Balaban J connectivity index is 1.57. The zero-order valence-electron chi connectivity index (χ0n) is 17.8. The van der Waals surface area contributed by atoms with Gasteiger partial charge in [-0.15, -0.1) is 0 Å². The van der Waals surface area contributed by atoms with Gasteiger partial charge < -0.3 is 9.47 Å². The molecule has 2 amide bonds. The topological polar surface area (TPSA) is 76.7 Å². The maximum atomic E-state index is 12.6. The van der Waals surface area contributed by atoms with Gasteiger partial charge in [0, 0.05) is 0 Å². The summed E-state index contributed by atoms with van der Waals surface area (Å²) < 4.78 is 11.6. The number of carbonyl (C=O) groups is 2. The number of hydrazine groups is 1. The molecule has 3 aromatic carbocycles. The number of benzene rings is 3. The molecule has 0 aliphatic carbocycles. The second-order valence-electron chi connectivity index (χ2n) is 7.24. The number of carbonyl (C=O) groups excluding carboxylic acids is 2. The van der Waals surface area contributed by atoms with E-state index in [4.69, 9.17) is 9.47 Å². The maximum absolute atomic E-state index is 12.6. The number of aryl methyl sites for hydroxylation is 2. The largest absolute Gasteiger partial charge is 0.488 e. The smallest absolute Gasteiger partial charge is 0.279 e. The van der Waals surface area contributed by atoms with Crippen LogP contribution >= 0.6 is 0 Å². The minimum absolute atomic E-state index is 0.321. The van der Waals surface area contributed by atoms with Crippen LogP contribution in [0.25, 0.3) is 0 Å². The summed E-state index contributed by atoms with van der Waals surface area (Å²) in [5.41, 5.74) is 8.12. The fraction of sp³-hybridized carbons (Fsp3) is 0.200. The SMILES string of the molecule is Cc1ccc(C)c(O[C@@H](C)C(=O)NNC(=O)c2ccccc2OCc2ccccc2)c1. The monoisotopic (exact) mass is 418 g/mol. The molecule has 0 aliphatic rings. The highest BCUT2D eigenvalue weighted by Crippen LogP contribution is 2.21. The Bertz CT molecular complexity index is 1050. The van der Waals surface area contributed by atoms with Crippen LogP contribution in [0.2, 0.25) is 0 Å². The molecule has 0 saturated heterocycles. The first-order valence-corrected chi connectivity index (χ1v) is 10.0. The van der Waals surface area contributed by atoms with Crippen molar-refractivity contribution in [3.05, 3.63) is 95.1 Å². The van der Waals surface area contributed by atoms with E-state index in [0.717, 1.165) is 16.7 Å². The average molecular weight is 418 g/mol. The van der Waals surface area contributed by atoms with E-state index in [1.807, 2.05) is 62.4 Å². The van der Waals surface area contributed by atoms with Crippen molar-refractivity contribution in [2.24, 2.45) is 0 Å². The molecule has 3 aromatic rings. The predicted octanol–water partition coefficient (Wildman–Crippen LogP) is 4.11. The van der Waals surface area contributed by atoms with Gasteiger partial charge in [0.15, 0.2) is 6.10 Å². The van der Waals surface area contributed by atoms with Crippen molar-refractivity contribution in [1.82, 2.24) is 10.9 Å². The van der Waals surface area contributed by atoms with Gasteiger partial charge in [0.1, 0.15) is 18.1 Å². The lowest BCUT2D eigenvalue weighted by atomic mass is 10.1. The van der Waals surface area contributed by atoms with Crippen molar-refractivity contribution in [3.63, 3.8) is 0 Å². The van der Waals surface area contributed by atoms with E-state index in [0.29, 0.717) is 23.7 Å². The zero-order valence-corrected chi connectivity index (χ0v) is 17.8. The van der Waals surface area contributed by atoms with Crippen LogP contribution in [0, 0.1) is 13.8 Å². The van der Waals surface area contributed by atoms with E-state index in [9.17, 15) is 9.59 Å². The molecule has 1 atom stereocenters. The van der Waals surface area contributed by atoms with Crippen molar-refractivity contribution < 1.29 is 19.1 Å². The number of para-hydroxylation sites is 1. The molecular formula is C25H26N2O4. The van der Waals surface area contributed by atoms with Gasteiger partial charge >= 0.3 is 0 Å². The minimum atomic E-state index is -0.787. The Labute approximate surface area is 182 Å². The lowest BCUT2D eigenvalue weighted by Gasteiger charge is -2.17. The summed E-state index contributed by atoms with van der Waals surface area (Å²) in [5, 5.41) is 0. The Kier molecular flexibility index (Phi) is 7.27. The molecule has 0 fully saturated rings. The summed E-state index contributed by atoms with van der Waals surface area (Å²) >= 11 is 0. The Hall–Kier alpha value is -3.80. The van der Waals surface area contributed by atoms with Crippen LogP contribution in [0.3, 0.4) is 0 Å². The van der Waals surface area contributed by atoms with Gasteiger partial charge in [-0.3, -0.25) is 20.4 Å². The average Bonchev–Trinajstić information content (AvgIpc) is 2.79. The first-order valence-electron chi connectivity index (χ1n) is 10.0. The molecule has 0 bridgehead atoms. The van der Waals surface area contributed by atoms with Gasteiger partial charge in [-0.2, -0.15) is 0 Å². The molecule has 2 N–H and O–H groups in total. The third-order valence-corrected chi connectivity index (χ3v) is 4.68. The maximum Gasteiger partial charge on any atom is 0.279 e. The van der Waals surface area contributed by atoms with E-state index in [1.165, 1.54) is 0 Å². The van der Waals surface area contributed by atoms with Crippen LogP contribution in [0.5, 0.6) is 11.5 Å². The van der Waals surface area contributed by atoms with Crippen molar-refractivity contribution >= 4 is 11.8 Å². The van der Waals surface area contributed by atoms with Crippen molar-refractivity contribution in [1.29, 1.82) is 0 Å². The summed E-state index contributed by atoms with van der Waals surface area (Å²) in [5.74, 6) is 0.124. The Morgan fingerprint density at radius 1 is 0.871 bits per heavy atom. The van der Waals surface area contributed by atoms with Gasteiger partial charge in [0.2, 0.25) is 0 Å². The van der Waals surface area contributed by atoms with Crippen molar-refractivity contribution in [2.75, 3.05) is 0 Å². The van der Waals surface area contributed by atoms with E-state index < -0.39 is 17.9 Å². The standard InChI is InChI=1S/C25H26N2O4/c1-17-13-14-18(2)23(15-17)31-19(3)24(28)26-27-25(29)21-11-7-8-12-22(21)30-16-20-9-5-4-6-10-20/h4-15,19H,16H2,1-3H3,(H,26,28)(H,27,29)/t19-/m0/s1. The molecule has 0 radical (unpaired) electrons. The minimum Gasteiger partial charge on any atom is -0.488 e. The van der Waals surface area contributed by atoms with Gasteiger partial charge in [-0.1, -0.05) is 54.6 Å². The highest BCUT2D eigenvalue weighted by atomic mass is 16.5. The van der Waals surface area contributed by atoms with Gasteiger partial charge in [-0.25, -0.2) is 0 Å². The first kappa shape index (κ1) is 21.9. The highest BCUT2D eigenvalue weighted by molar-refractivity contribution is 5.98. The third kappa shape index (κ3) is 6.09. The van der Waals surface area contributed by atoms with Crippen LogP contribution in [0.15, 0.2) is 72.8 Å². The van der Waals surface area contributed by atoms with Crippen LogP contribution in [0.4, 0.5) is 0 Å². The summed E-state index contributed by atoms with van der Waals surface area (Å²) in [7, 11) is 0. The Morgan fingerprint density at radius 3 is 2.35 bits per heavy atom. The molecule has 0 saturated carbocycles. The number of ether oxygens (including phenoxy) is 2. The van der Waals surface area contributed by atoms with E-state index in [2.05, 4.69) is 10.9 Å². The summed E-state index contributed by atoms with van der Waals surface area (Å²) in [4.78, 5) is 25.0.